The molecule has 32 heavy (non-hydrogen) atoms. The number of para-hydroxylation sites is 1. The minimum atomic E-state index is -4.26. The molecule has 166 valence electrons. The van der Waals surface area contributed by atoms with E-state index in [-0.39, 0.29) is 29.3 Å². The van der Waals surface area contributed by atoms with Crippen LogP contribution in [0, 0.1) is 5.82 Å². The molecule has 2 aromatic carbocycles. The Kier molecular flexibility index (Phi) is 5.94. The van der Waals surface area contributed by atoms with Gasteiger partial charge >= 0.3 is 5.97 Å². The van der Waals surface area contributed by atoms with Crippen molar-refractivity contribution in [1.82, 2.24) is 9.29 Å². The van der Waals surface area contributed by atoms with E-state index in [0.29, 0.717) is 17.7 Å². The smallest absolute Gasteiger partial charge is 0.326 e. The second-order valence-electron chi connectivity index (χ2n) is 7.31. The highest BCUT2D eigenvalue weighted by Crippen LogP contribution is 2.37. The zero-order valence-corrected chi connectivity index (χ0v) is 18.0. The van der Waals surface area contributed by atoms with E-state index in [2.05, 4.69) is 4.98 Å². The van der Waals surface area contributed by atoms with Crippen molar-refractivity contribution >= 4 is 16.0 Å². The molecule has 1 aliphatic heterocycles. The maximum absolute atomic E-state index is 14.7. The lowest BCUT2D eigenvalue weighted by atomic mass is 9.89. The highest BCUT2D eigenvalue weighted by molar-refractivity contribution is 7.89. The van der Waals surface area contributed by atoms with Gasteiger partial charge in [-0.05, 0) is 48.2 Å². The summed E-state index contributed by atoms with van der Waals surface area (Å²) in [5.74, 6) is -1.43. The first-order valence-corrected chi connectivity index (χ1v) is 11.5. The van der Waals surface area contributed by atoms with E-state index < -0.39 is 27.9 Å². The van der Waals surface area contributed by atoms with Gasteiger partial charge in [0.1, 0.15) is 16.5 Å². The molecule has 1 atom stereocenters. The summed E-state index contributed by atoms with van der Waals surface area (Å²) in [4.78, 5) is 16.0. The largest absolute Gasteiger partial charge is 0.480 e. The van der Waals surface area contributed by atoms with Crippen LogP contribution in [0.25, 0.3) is 0 Å². The fourth-order valence-electron chi connectivity index (χ4n) is 3.93. The first-order chi connectivity index (χ1) is 15.3. The molecule has 1 unspecified atom stereocenters. The van der Waals surface area contributed by atoms with Gasteiger partial charge in [0.05, 0.1) is 6.20 Å². The van der Waals surface area contributed by atoms with Gasteiger partial charge in [0.15, 0.2) is 6.04 Å². The Morgan fingerprint density at radius 2 is 1.94 bits per heavy atom. The van der Waals surface area contributed by atoms with Crippen molar-refractivity contribution in [2.45, 2.75) is 30.7 Å². The van der Waals surface area contributed by atoms with Gasteiger partial charge < -0.3 is 9.84 Å². The Labute approximate surface area is 185 Å². The van der Waals surface area contributed by atoms with Crippen LogP contribution in [0.15, 0.2) is 65.7 Å². The van der Waals surface area contributed by atoms with Crippen LogP contribution in [-0.2, 0) is 27.7 Å². The Morgan fingerprint density at radius 1 is 1.19 bits per heavy atom. The Morgan fingerprint density at radius 3 is 2.56 bits per heavy atom. The van der Waals surface area contributed by atoms with Crippen molar-refractivity contribution in [3.63, 3.8) is 0 Å². The molecule has 0 radical (unpaired) electrons. The number of nitrogens with zero attached hydrogens (tertiary/aromatic N) is 2. The standard InChI is InChI=1S/C23H21FN2O5S/c1-2-15-8-10-19(24)21-18(15)12-13-26(22(21)23(27)28)32(29,30)17-9-11-20(25-14-17)31-16-6-4-3-5-7-16/h3-11,14,22H,2,12-13H2,1H3,(H,27,28). The van der Waals surface area contributed by atoms with Gasteiger partial charge in [-0.25, -0.2) is 17.8 Å². The van der Waals surface area contributed by atoms with Crippen LogP contribution in [0.2, 0.25) is 0 Å². The Balaban J connectivity index is 1.68. The quantitative estimate of drug-likeness (QED) is 0.603. The number of benzene rings is 2. The van der Waals surface area contributed by atoms with Gasteiger partial charge in [0, 0.05) is 18.2 Å². The lowest BCUT2D eigenvalue weighted by molar-refractivity contribution is -0.142. The summed E-state index contributed by atoms with van der Waals surface area (Å²) in [6, 6.07) is 12.7. The number of rotatable bonds is 6. The molecule has 0 bridgehead atoms. The molecular formula is C23H21FN2O5S. The highest BCUT2D eigenvalue weighted by atomic mass is 32.2. The number of pyridine rings is 1. The predicted molar refractivity (Wildman–Crippen MR) is 115 cm³/mol. The predicted octanol–water partition coefficient (Wildman–Crippen LogP) is 3.95. The molecule has 3 aromatic rings. The average molecular weight is 456 g/mol. The number of halogens is 1. The van der Waals surface area contributed by atoms with E-state index in [0.717, 1.165) is 16.1 Å². The first-order valence-electron chi connectivity index (χ1n) is 10.1. The Hall–Kier alpha value is -3.30. The number of hydrogen-bond donors (Lipinski definition) is 1. The molecule has 7 nitrogen and oxygen atoms in total. The van der Waals surface area contributed by atoms with Crippen molar-refractivity contribution in [3.8, 4) is 11.6 Å². The summed E-state index contributed by atoms with van der Waals surface area (Å²) < 4.78 is 47.7. The molecule has 4 rings (SSSR count). The average Bonchev–Trinajstić information content (AvgIpc) is 2.79. The van der Waals surface area contributed by atoms with Crippen LogP contribution >= 0.6 is 0 Å². The van der Waals surface area contributed by atoms with Gasteiger partial charge in [-0.2, -0.15) is 4.31 Å². The first kappa shape index (κ1) is 21.9. The number of carboxylic acid groups (broad SMARTS) is 1. The van der Waals surface area contributed by atoms with E-state index in [1.165, 1.54) is 18.2 Å². The summed E-state index contributed by atoms with van der Waals surface area (Å²) >= 11 is 0. The molecule has 0 amide bonds. The van der Waals surface area contributed by atoms with Crippen molar-refractivity contribution in [2.75, 3.05) is 6.54 Å². The van der Waals surface area contributed by atoms with Crippen molar-refractivity contribution in [1.29, 1.82) is 0 Å². The van der Waals surface area contributed by atoms with E-state index >= 15 is 0 Å². The molecule has 1 aromatic heterocycles. The van der Waals surface area contributed by atoms with Gasteiger partial charge in [-0.1, -0.05) is 31.2 Å². The molecule has 2 heterocycles. The van der Waals surface area contributed by atoms with Crippen LogP contribution in [0.5, 0.6) is 11.6 Å². The summed E-state index contributed by atoms with van der Waals surface area (Å²) in [6.07, 6.45) is 1.93. The van der Waals surface area contributed by atoms with Gasteiger partial charge in [0.25, 0.3) is 0 Å². The molecule has 1 aliphatic rings. The molecule has 0 spiro atoms. The third kappa shape index (κ3) is 3.96. The maximum atomic E-state index is 14.7. The lowest BCUT2D eigenvalue weighted by Gasteiger charge is -2.34. The number of carboxylic acids is 1. The molecule has 1 N–H and O–H groups in total. The van der Waals surface area contributed by atoms with Crippen LogP contribution in [0.4, 0.5) is 4.39 Å². The molecule has 0 saturated carbocycles. The minimum absolute atomic E-state index is 0.0784. The number of aliphatic carboxylic acids is 1. The van der Waals surface area contributed by atoms with Crippen LogP contribution < -0.4 is 4.74 Å². The second-order valence-corrected chi connectivity index (χ2v) is 9.20. The second kappa shape index (κ2) is 8.68. The fraction of sp³-hybridized carbons (Fsp3) is 0.217. The monoisotopic (exact) mass is 456 g/mol. The molecule has 9 heteroatoms. The van der Waals surface area contributed by atoms with Gasteiger partial charge in [0.2, 0.25) is 15.9 Å². The van der Waals surface area contributed by atoms with Crippen molar-refractivity contribution in [2.24, 2.45) is 0 Å². The summed E-state index contributed by atoms with van der Waals surface area (Å²) in [7, 11) is -4.26. The van der Waals surface area contributed by atoms with E-state index in [9.17, 15) is 22.7 Å². The normalized spacial score (nSPS) is 16.4. The fourth-order valence-corrected chi connectivity index (χ4v) is 5.43. The Bertz CT molecular complexity index is 1250. The SMILES string of the molecule is CCc1ccc(F)c2c1CCN(S(=O)(=O)c1ccc(Oc3ccccc3)nc1)C2C(=O)O. The molecular weight excluding hydrogens is 435 g/mol. The van der Waals surface area contributed by atoms with Gasteiger partial charge in [-0.3, -0.25) is 4.79 Å². The van der Waals surface area contributed by atoms with Crippen LogP contribution in [-0.4, -0.2) is 35.3 Å². The summed E-state index contributed by atoms with van der Waals surface area (Å²) in [5.41, 5.74) is 1.29. The zero-order valence-electron chi connectivity index (χ0n) is 17.2. The van der Waals surface area contributed by atoms with Crippen LogP contribution in [0.3, 0.4) is 0 Å². The number of aromatic nitrogens is 1. The maximum Gasteiger partial charge on any atom is 0.326 e. The number of hydrogen-bond acceptors (Lipinski definition) is 5. The van der Waals surface area contributed by atoms with E-state index in [4.69, 9.17) is 4.74 Å². The number of ether oxygens (including phenoxy) is 1. The topological polar surface area (TPSA) is 96.8 Å². The third-order valence-electron chi connectivity index (χ3n) is 5.44. The lowest BCUT2D eigenvalue weighted by Crippen LogP contribution is -2.44. The van der Waals surface area contributed by atoms with E-state index in [1.807, 2.05) is 13.0 Å². The summed E-state index contributed by atoms with van der Waals surface area (Å²) in [5, 5.41) is 9.85. The highest BCUT2D eigenvalue weighted by Gasteiger charge is 2.43. The number of aryl methyl sites for hydroxylation is 1. The van der Waals surface area contributed by atoms with Crippen LogP contribution in [0.1, 0.15) is 29.7 Å². The van der Waals surface area contributed by atoms with E-state index in [1.54, 1.807) is 30.3 Å². The van der Waals surface area contributed by atoms with Crippen molar-refractivity contribution < 1.29 is 27.4 Å². The number of sulfonamides is 1. The molecule has 0 saturated heterocycles. The molecule has 0 aliphatic carbocycles. The molecule has 0 fully saturated rings. The zero-order chi connectivity index (χ0) is 22.9. The number of fused-ring (bicyclic) bond motifs is 1. The van der Waals surface area contributed by atoms with Crippen molar-refractivity contribution in [3.05, 3.63) is 83.3 Å². The summed E-state index contributed by atoms with van der Waals surface area (Å²) in [6.45, 7) is 1.81. The van der Waals surface area contributed by atoms with Gasteiger partial charge in [-0.15, -0.1) is 0 Å². The third-order valence-corrected chi connectivity index (χ3v) is 7.29. The number of carbonyl (C=O) groups is 1. The minimum Gasteiger partial charge on any atom is -0.480 e.